The van der Waals surface area contributed by atoms with Crippen LogP contribution in [0.5, 0.6) is 0 Å². The molecule has 0 spiro atoms. The summed E-state index contributed by atoms with van der Waals surface area (Å²) >= 11 is 0. The van der Waals surface area contributed by atoms with Gasteiger partial charge in [-0.05, 0) is 29.9 Å². The first-order valence-corrected chi connectivity index (χ1v) is 6.69. The van der Waals surface area contributed by atoms with Crippen LogP contribution in [-0.4, -0.2) is 13.1 Å². The summed E-state index contributed by atoms with van der Waals surface area (Å²) in [5, 5.41) is 3.53. The normalized spacial score (nSPS) is 13.0. The maximum atomic E-state index is 5.57. The van der Waals surface area contributed by atoms with Crippen molar-refractivity contribution in [1.82, 2.24) is 5.32 Å². The predicted octanol–water partition coefficient (Wildman–Crippen LogP) is 2.88. The molecule has 96 valence electrons. The number of nitrogens with one attached hydrogen (secondary N) is 1. The van der Waals surface area contributed by atoms with Crippen LogP contribution in [0.3, 0.4) is 0 Å². The number of aryl methyl sites for hydroxylation is 1. The van der Waals surface area contributed by atoms with E-state index in [2.05, 4.69) is 50.4 Å². The van der Waals surface area contributed by atoms with Crippen molar-refractivity contribution in [2.24, 2.45) is 11.7 Å². The van der Waals surface area contributed by atoms with E-state index in [0.717, 1.165) is 19.4 Å². The molecule has 2 heteroatoms. The number of hydrogen-bond acceptors (Lipinski definition) is 2. The number of hydrogen-bond donors (Lipinski definition) is 2. The molecule has 0 fully saturated rings. The lowest BCUT2D eigenvalue weighted by atomic mass is 9.96. The summed E-state index contributed by atoms with van der Waals surface area (Å²) in [6.07, 6.45) is 2.26. The van der Waals surface area contributed by atoms with Gasteiger partial charge in [-0.15, -0.1) is 0 Å². The standard InChI is InChI=1S/C15H26N2/c1-4-13-5-7-14(8-6-13)15(11-12(2)3)17-10-9-16/h5-8,12,15,17H,4,9-11,16H2,1-3H3. The van der Waals surface area contributed by atoms with Crippen LogP contribution in [-0.2, 0) is 6.42 Å². The molecule has 0 aliphatic heterocycles. The Hall–Kier alpha value is -0.860. The Morgan fingerprint density at radius 1 is 1.18 bits per heavy atom. The quantitative estimate of drug-likeness (QED) is 0.761. The van der Waals surface area contributed by atoms with Gasteiger partial charge in [-0.25, -0.2) is 0 Å². The molecule has 0 aliphatic rings. The second-order valence-electron chi connectivity index (χ2n) is 5.02. The van der Waals surface area contributed by atoms with Crippen molar-refractivity contribution in [2.45, 2.75) is 39.7 Å². The van der Waals surface area contributed by atoms with E-state index in [1.54, 1.807) is 0 Å². The van der Waals surface area contributed by atoms with Gasteiger partial charge in [0.1, 0.15) is 0 Å². The Bertz CT molecular complexity index is 303. The van der Waals surface area contributed by atoms with Crippen LogP contribution in [0.4, 0.5) is 0 Å². The van der Waals surface area contributed by atoms with Crippen LogP contribution in [0.1, 0.15) is 44.4 Å². The summed E-state index contributed by atoms with van der Waals surface area (Å²) < 4.78 is 0. The van der Waals surface area contributed by atoms with E-state index in [0.29, 0.717) is 18.5 Å². The summed E-state index contributed by atoms with van der Waals surface area (Å²) in [4.78, 5) is 0. The Balaban J connectivity index is 2.72. The summed E-state index contributed by atoms with van der Waals surface area (Å²) in [5.41, 5.74) is 8.35. The van der Waals surface area contributed by atoms with Gasteiger partial charge in [0.2, 0.25) is 0 Å². The Morgan fingerprint density at radius 3 is 2.29 bits per heavy atom. The van der Waals surface area contributed by atoms with E-state index in [1.807, 2.05) is 0 Å². The Labute approximate surface area is 106 Å². The third kappa shape index (κ3) is 4.88. The molecule has 0 heterocycles. The van der Waals surface area contributed by atoms with E-state index >= 15 is 0 Å². The molecule has 1 aromatic carbocycles. The first kappa shape index (κ1) is 14.2. The molecule has 1 atom stereocenters. The molecule has 1 rings (SSSR count). The van der Waals surface area contributed by atoms with Crippen LogP contribution in [0.2, 0.25) is 0 Å². The zero-order valence-corrected chi connectivity index (χ0v) is 11.4. The molecule has 0 radical (unpaired) electrons. The van der Waals surface area contributed by atoms with Crippen molar-refractivity contribution >= 4 is 0 Å². The second-order valence-corrected chi connectivity index (χ2v) is 5.02. The van der Waals surface area contributed by atoms with Crippen LogP contribution < -0.4 is 11.1 Å². The summed E-state index contributed by atoms with van der Waals surface area (Å²) in [6, 6.07) is 9.38. The largest absolute Gasteiger partial charge is 0.329 e. The van der Waals surface area contributed by atoms with Crippen LogP contribution in [0.15, 0.2) is 24.3 Å². The molecule has 0 amide bonds. The maximum absolute atomic E-state index is 5.57. The average molecular weight is 234 g/mol. The van der Waals surface area contributed by atoms with Crippen molar-refractivity contribution in [2.75, 3.05) is 13.1 Å². The number of benzene rings is 1. The topological polar surface area (TPSA) is 38.0 Å². The monoisotopic (exact) mass is 234 g/mol. The molecule has 2 nitrogen and oxygen atoms in total. The van der Waals surface area contributed by atoms with Gasteiger partial charge in [-0.3, -0.25) is 0 Å². The van der Waals surface area contributed by atoms with Crippen molar-refractivity contribution in [3.05, 3.63) is 35.4 Å². The first-order valence-electron chi connectivity index (χ1n) is 6.69. The molecule has 0 saturated carbocycles. The zero-order valence-electron chi connectivity index (χ0n) is 11.4. The molecular formula is C15H26N2. The number of rotatable bonds is 7. The van der Waals surface area contributed by atoms with Gasteiger partial charge >= 0.3 is 0 Å². The second kappa shape index (κ2) is 7.46. The van der Waals surface area contributed by atoms with Gasteiger partial charge in [0.15, 0.2) is 0 Å². The van der Waals surface area contributed by atoms with E-state index in [9.17, 15) is 0 Å². The fourth-order valence-electron chi connectivity index (χ4n) is 2.05. The van der Waals surface area contributed by atoms with Gasteiger partial charge in [0.05, 0.1) is 0 Å². The Kier molecular flexibility index (Phi) is 6.23. The zero-order chi connectivity index (χ0) is 12.7. The van der Waals surface area contributed by atoms with Crippen molar-refractivity contribution < 1.29 is 0 Å². The minimum Gasteiger partial charge on any atom is -0.329 e. The molecule has 0 saturated heterocycles. The van der Waals surface area contributed by atoms with Crippen LogP contribution in [0, 0.1) is 5.92 Å². The van der Waals surface area contributed by atoms with Crippen LogP contribution >= 0.6 is 0 Å². The minimum absolute atomic E-state index is 0.435. The Morgan fingerprint density at radius 2 is 1.82 bits per heavy atom. The molecule has 0 bridgehead atoms. The molecule has 1 aromatic rings. The third-order valence-corrected chi connectivity index (χ3v) is 3.03. The highest BCUT2D eigenvalue weighted by atomic mass is 14.9. The van der Waals surface area contributed by atoms with Gasteiger partial charge in [-0.1, -0.05) is 45.0 Å². The van der Waals surface area contributed by atoms with Crippen LogP contribution in [0.25, 0.3) is 0 Å². The summed E-state index contributed by atoms with van der Waals surface area (Å²) in [5.74, 6) is 0.691. The van der Waals surface area contributed by atoms with E-state index in [4.69, 9.17) is 5.73 Å². The first-order chi connectivity index (χ1) is 8.17. The highest BCUT2D eigenvalue weighted by Crippen LogP contribution is 2.21. The average Bonchev–Trinajstić information content (AvgIpc) is 2.34. The van der Waals surface area contributed by atoms with Crippen molar-refractivity contribution in [3.63, 3.8) is 0 Å². The highest BCUT2D eigenvalue weighted by molar-refractivity contribution is 5.25. The lowest BCUT2D eigenvalue weighted by molar-refractivity contribution is 0.434. The lowest BCUT2D eigenvalue weighted by Crippen LogP contribution is -2.28. The summed E-state index contributed by atoms with van der Waals surface area (Å²) in [6.45, 7) is 8.29. The van der Waals surface area contributed by atoms with E-state index < -0.39 is 0 Å². The highest BCUT2D eigenvalue weighted by Gasteiger charge is 2.12. The van der Waals surface area contributed by atoms with Crippen molar-refractivity contribution in [1.29, 1.82) is 0 Å². The third-order valence-electron chi connectivity index (χ3n) is 3.03. The van der Waals surface area contributed by atoms with Crippen molar-refractivity contribution in [3.8, 4) is 0 Å². The molecule has 3 N–H and O–H groups in total. The van der Waals surface area contributed by atoms with Gasteiger partial charge in [0, 0.05) is 19.1 Å². The fourth-order valence-corrected chi connectivity index (χ4v) is 2.05. The molecule has 17 heavy (non-hydrogen) atoms. The fraction of sp³-hybridized carbons (Fsp3) is 0.600. The molecule has 0 aliphatic carbocycles. The maximum Gasteiger partial charge on any atom is 0.0323 e. The lowest BCUT2D eigenvalue weighted by Gasteiger charge is -2.21. The molecule has 1 unspecified atom stereocenters. The van der Waals surface area contributed by atoms with Gasteiger partial charge in [0.25, 0.3) is 0 Å². The summed E-state index contributed by atoms with van der Waals surface area (Å²) in [7, 11) is 0. The number of nitrogens with two attached hydrogens (primary N) is 1. The smallest absolute Gasteiger partial charge is 0.0323 e. The molecular weight excluding hydrogens is 208 g/mol. The predicted molar refractivity (Wildman–Crippen MR) is 75.1 cm³/mol. The van der Waals surface area contributed by atoms with Gasteiger partial charge < -0.3 is 11.1 Å². The molecule has 0 aromatic heterocycles. The van der Waals surface area contributed by atoms with E-state index in [-0.39, 0.29) is 0 Å². The van der Waals surface area contributed by atoms with E-state index in [1.165, 1.54) is 11.1 Å². The minimum atomic E-state index is 0.435. The SMILES string of the molecule is CCc1ccc(C(CC(C)C)NCCN)cc1. The van der Waals surface area contributed by atoms with Gasteiger partial charge in [-0.2, -0.15) is 0 Å².